The van der Waals surface area contributed by atoms with E-state index in [0.717, 1.165) is 73.1 Å². The molecule has 0 aromatic heterocycles. The quantitative estimate of drug-likeness (QED) is 0.0500. The number of anilines is 18. The zero-order valence-electron chi connectivity index (χ0n) is 99.4. The van der Waals surface area contributed by atoms with Crippen LogP contribution in [0.2, 0.25) is 0 Å². The minimum absolute atomic E-state index is 0.00468. The summed E-state index contributed by atoms with van der Waals surface area (Å²) < 4.78 is 244. The third-order valence-electron chi connectivity index (χ3n) is 22.5. The first-order valence-electron chi connectivity index (χ1n) is 57.1. The Labute approximate surface area is 820 Å². The van der Waals surface area contributed by atoms with Gasteiger partial charge in [-0.1, -0.05) is 357 Å². The van der Waals surface area contributed by atoms with Crippen LogP contribution in [0.3, 0.4) is 0 Å². The molecule has 0 heterocycles. The predicted octanol–water partition coefficient (Wildman–Crippen LogP) is 35.7. The summed E-state index contributed by atoms with van der Waals surface area (Å²) in [6.45, 7) is 0. The normalized spacial score (nSPS) is 13.9. The van der Waals surface area contributed by atoms with E-state index >= 15 is 0 Å². The lowest BCUT2D eigenvalue weighted by molar-refractivity contribution is 0.976. The molecule has 634 valence electrons. The molecule has 0 N–H and O–H groups in total. The first-order valence-corrected chi connectivity index (χ1v) is 43.1. The van der Waals surface area contributed by atoms with Crippen LogP contribution in [0.1, 0.15) is 61.0 Å². The van der Waals surface area contributed by atoms with Gasteiger partial charge in [-0.05, 0) is 291 Å². The van der Waals surface area contributed by atoms with Crippen molar-refractivity contribution in [2.45, 2.75) is 5.92 Å². The smallest absolute Gasteiger partial charge is 0.0645 e. The Morgan fingerprint density at radius 2 is 0.263 bits per heavy atom. The second-order valence-electron chi connectivity index (χ2n) is 30.7. The van der Waals surface area contributed by atoms with E-state index in [0.29, 0.717) is 56.6 Å². The molecule has 0 aliphatic carbocycles. The van der Waals surface area contributed by atoms with E-state index in [2.05, 4.69) is 119 Å². The first-order chi connectivity index (χ1) is 77.6. The summed E-state index contributed by atoms with van der Waals surface area (Å²) in [7, 11) is 0. The molecule has 21 aromatic carbocycles. The standard InChI is InChI=1S/C79H60N4.C48H36N2/c1-8-22-64(23-9-1)79(65-44-56-77(57-45-65)82(71-32-18-6-19-33-71)75-52-40-62(41-53-75)60-36-48-73(49-37-60)80(67-24-10-2-11-25-67)68-26-12-3-13-27-68)66-46-58-78(59-47-66)83(72-34-20-7-21-35-72)76-54-42-63(43-55-76)61-38-50-74(51-39-61)81(69-28-14-4-15-29-69)70-30-16-5-17-31-70;1-5-13-37(14-6-1)39-21-29-45(30-22-39)49(43-17-9-3-10-18-43)47-33-25-41(26-34-47)42-27-35-48(36-28-42)50(44-19-11-4-12-20-44)46-31-23-40(24-32-46)38-15-7-2-8-16-38/h1-59,79H;1-36H/i6D,7D,18D,19D,20D,21D,32D,33D,34D,35D;1D,2D,5D,6D,7D,8D,13D,14D,15D,16D,21D,22D,23D,24D,29D,30D,31D,32D. The maximum Gasteiger partial charge on any atom is 0.0645 e. The number of para-hydroxylation sites is 8. The van der Waals surface area contributed by atoms with Gasteiger partial charge < -0.3 is 29.4 Å². The summed E-state index contributed by atoms with van der Waals surface area (Å²) in [6, 6.07) is 115. The highest BCUT2D eigenvalue weighted by Gasteiger charge is 2.24. The summed E-state index contributed by atoms with van der Waals surface area (Å²) >= 11 is 0. The van der Waals surface area contributed by atoms with E-state index in [1.54, 1.807) is 119 Å². The van der Waals surface area contributed by atoms with E-state index in [1.807, 2.05) is 188 Å². The van der Waals surface area contributed by atoms with Crippen LogP contribution in [0.25, 0.3) is 55.6 Å². The minimum atomic E-state index is -0.673. The van der Waals surface area contributed by atoms with Crippen molar-refractivity contribution < 1.29 is 38.4 Å². The molecule has 21 aromatic rings. The van der Waals surface area contributed by atoms with Gasteiger partial charge in [-0.15, -0.1) is 0 Å². The van der Waals surface area contributed by atoms with E-state index in [1.165, 1.54) is 9.80 Å². The van der Waals surface area contributed by atoms with Crippen molar-refractivity contribution in [3.05, 3.63) is 592 Å². The Bertz CT molecular complexity index is 8340. The van der Waals surface area contributed by atoms with Crippen LogP contribution in [-0.4, -0.2) is 0 Å². The molecule has 0 unspecified atom stereocenters. The van der Waals surface area contributed by atoms with Crippen molar-refractivity contribution in [2.75, 3.05) is 29.4 Å². The lowest BCUT2D eigenvalue weighted by Gasteiger charge is -2.27. The van der Waals surface area contributed by atoms with Crippen LogP contribution in [0.4, 0.5) is 102 Å². The van der Waals surface area contributed by atoms with Gasteiger partial charge in [0.2, 0.25) is 0 Å². The first kappa shape index (κ1) is 57.3. The summed E-state index contributed by atoms with van der Waals surface area (Å²) in [5.74, 6) is -0.339. The van der Waals surface area contributed by atoms with Crippen LogP contribution in [-0.2, 0) is 0 Å². The number of hydrogen-bond donors (Lipinski definition) is 0. The van der Waals surface area contributed by atoms with Crippen molar-refractivity contribution in [1.82, 2.24) is 0 Å². The SMILES string of the molecule is [2H]c1c([2H])c([2H])c(-c2c([2H])c([2H])c(N(c3ccccc3)c3ccc(-c4ccc(N(c5ccccc5)c5c([2H])c([2H])c(-c6c([2H])c([2H])c([2H])c([2H])c6[2H])c([2H])c5[2H])cc4)cc3)c([2H])c2[2H])c([2H])c1[2H].[2H]c1c([2H])c([2H])c(N(c2ccc(-c3ccc(N(c4ccccc4)c4ccccc4)cc3)cc2)c2ccc(C(c3ccccc3)c3ccc(N(c4ccc(-c5ccc(N(c6ccccc6)c6ccccc6)cc5)cc4)c4c([2H])c([2H])c([2H])c([2H])c4[2H])cc3)cc2)c([2H])c1[2H]. The molecule has 0 saturated heterocycles. The zero-order valence-corrected chi connectivity index (χ0v) is 71.4. The van der Waals surface area contributed by atoms with Gasteiger partial charge in [0.05, 0.1) is 38.4 Å². The van der Waals surface area contributed by atoms with Crippen LogP contribution >= 0.6 is 0 Å². The molecule has 6 nitrogen and oxygen atoms in total. The van der Waals surface area contributed by atoms with Gasteiger partial charge in [0.1, 0.15) is 0 Å². The Kier molecular flexibility index (Phi) is 17.3. The monoisotopic (exact) mass is 1730 g/mol. The molecule has 0 radical (unpaired) electrons. The number of hydrogen-bond acceptors (Lipinski definition) is 6. The predicted molar refractivity (Wildman–Crippen MR) is 562 cm³/mol. The van der Waals surface area contributed by atoms with Crippen molar-refractivity contribution in [1.29, 1.82) is 0 Å². The molecule has 6 heteroatoms. The van der Waals surface area contributed by atoms with Crippen LogP contribution in [0.15, 0.2) is 576 Å². The second-order valence-corrected chi connectivity index (χ2v) is 30.7. The summed E-state index contributed by atoms with van der Waals surface area (Å²) in [4.78, 5) is 10.9. The minimum Gasteiger partial charge on any atom is -0.311 e. The molecular weight excluding hydrogens is 1610 g/mol. The Hall–Kier alpha value is -17.6. The lowest BCUT2D eigenvalue weighted by atomic mass is 9.85. The average Bonchev–Trinajstić information content (AvgIpc) is 0.735. The fraction of sp³-hybridized carbons (Fsp3) is 0.00787. The van der Waals surface area contributed by atoms with Gasteiger partial charge in [-0.25, -0.2) is 0 Å². The second kappa shape index (κ2) is 40.2. The van der Waals surface area contributed by atoms with Crippen molar-refractivity contribution in [3.63, 3.8) is 0 Å². The Balaban J connectivity index is 0.000000201. The van der Waals surface area contributed by atoms with Crippen molar-refractivity contribution in [2.24, 2.45) is 0 Å². The van der Waals surface area contributed by atoms with Crippen molar-refractivity contribution >= 4 is 102 Å². The summed E-state index contributed by atoms with van der Waals surface area (Å²) in [6.07, 6.45) is 0. The average molecular weight is 1730 g/mol. The molecule has 0 fully saturated rings. The molecule has 133 heavy (non-hydrogen) atoms. The van der Waals surface area contributed by atoms with E-state index in [4.69, 9.17) is 32.9 Å². The van der Waals surface area contributed by atoms with Gasteiger partial charge >= 0.3 is 0 Å². The molecule has 0 bridgehead atoms. The van der Waals surface area contributed by atoms with Crippen LogP contribution < -0.4 is 29.4 Å². The topological polar surface area (TPSA) is 19.4 Å². The molecule has 0 atom stereocenters. The zero-order chi connectivity index (χ0) is 113. The van der Waals surface area contributed by atoms with Gasteiger partial charge in [0, 0.05) is 108 Å². The third kappa shape index (κ3) is 19.2. The van der Waals surface area contributed by atoms with Crippen LogP contribution in [0, 0.1) is 0 Å². The number of benzene rings is 21. The van der Waals surface area contributed by atoms with E-state index in [-0.39, 0.29) is 52.8 Å². The molecule has 0 amide bonds. The Morgan fingerprint density at radius 1 is 0.113 bits per heavy atom. The van der Waals surface area contributed by atoms with E-state index < -0.39 is 167 Å². The molecule has 0 spiro atoms. The third-order valence-corrected chi connectivity index (χ3v) is 22.5. The number of nitrogens with zero attached hydrogens (tertiary/aromatic N) is 6. The van der Waals surface area contributed by atoms with Crippen LogP contribution in [0.5, 0.6) is 0 Å². The molecular formula is C127H96N6. The fourth-order valence-electron chi connectivity index (χ4n) is 16.2. The van der Waals surface area contributed by atoms with Gasteiger partial charge in [0.25, 0.3) is 0 Å². The molecule has 0 aliphatic rings. The lowest BCUT2D eigenvalue weighted by Crippen LogP contribution is -2.11. The maximum atomic E-state index is 9.21. The summed E-state index contributed by atoms with van der Waals surface area (Å²) in [5.41, 5.74) is 16.2. The van der Waals surface area contributed by atoms with Gasteiger partial charge in [-0.2, -0.15) is 0 Å². The largest absolute Gasteiger partial charge is 0.311 e. The summed E-state index contributed by atoms with van der Waals surface area (Å²) in [5, 5.41) is 0. The van der Waals surface area contributed by atoms with E-state index in [9.17, 15) is 5.48 Å². The maximum absolute atomic E-state index is 9.21. The molecule has 0 saturated carbocycles. The van der Waals surface area contributed by atoms with Gasteiger partial charge in [0.15, 0.2) is 0 Å². The number of rotatable bonds is 26. The van der Waals surface area contributed by atoms with Gasteiger partial charge in [-0.3, -0.25) is 0 Å². The fourth-order valence-corrected chi connectivity index (χ4v) is 16.2. The Morgan fingerprint density at radius 3 is 0.474 bits per heavy atom. The highest BCUT2D eigenvalue weighted by Crippen LogP contribution is 2.46. The molecule has 21 rings (SSSR count). The highest BCUT2D eigenvalue weighted by molar-refractivity contribution is 5.87. The van der Waals surface area contributed by atoms with Crippen molar-refractivity contribution in [3.8, 4) is 55.6 Å². The highest BCUT2D eigenvalue weighted by atomic mass is 15.2. The molecule has 0 aliphatic heterocycles.